The Morgan fingerprint density at radius 3 is 2.90 bits per heavy atom. The molecule has 1 aromatic rings. The number of methoxy groups -OCH3 is 1. The number of aromatic amines is 1. The third-order valence-corrected chi connectivity index (χ3v) is 4.38. The van der Waals surface area contributed by atoms with Crippen molar-refractivity contribution >= 4 is 11.9 Å². The number of hydrogen-bond donors (Lipinski definition) is 2. The quantitative estimate of drug-likeness (QED) is 0.849. The normalized spacial score (nSPS) is 27.5. The summed E-state index contributed by atoms with van der Waals surface area (Å²) in [6, 6.07) is -0.175. The zero-order valence-electron chi connectivity index (χ0n) is 11.9. The maximum atomic E-state index is 12.2. The number of nitrogens with one attached hydrogen (secondary N) is 2. The Bertz CT molecular complexity index is 485. The van der Waals surface area contributed by atoms with Crippen molar-refractivity contribution in [1.82, 2.24) is 20.1 Å². The lowest BCUT2D eigenvalue weighted by molar-refractivity contribution is -0.120. The molecule has 1 aliphatic heterocycles. The van der Waals surface area contributed by atoms with Crippen molar-refractivity contribution in [2.75, 3.05) is 26.0 Å². The number of anilines is 1. The van der Waals surface area contributed by atoms with Gasteiger partial charge in [0.15, 0.2) is 0 Å². The molecule has 2 N–H and O–H groups in total. The Hall–Kier alpha value is -1.47. The third-order valence-electron chi connectivity index (χ3n) is 4.38. The standard InChI is InChI=1S/C13H21N5O2/c1-18-7-9(20-2)6-10(18)12(19)15-13-14-11(16-17-13)8-4-3-5-8/h8-10H,3-7H2,1-2H3,(H2,14,15,16,17,19)/t9-,10-/m0/s1. The second-order valence-electron chi connectivity index (χ2n) is 5.71. The van der Waals surface area contributed by atoms with E-state index in [1.54, 1.807) is 7.11 Å². The number of nitrogens with zero attached hydrogens (tertiary/aromatic N) is 3. The van der Waals surface area contributed by atoms with Crippen LogP contribution in [0.3, 0.4) is 0 Å². The van der Waals surface area contributed by atoms with Crippen molar-refractivity contribution in [1.29, 1.82) is 0 Å². The van der Waals surface area contributed by atoms with Gasteiger partial charge in [-0.3, -0.25) is 20.1 Å². The molecule has 0 bridgehead atoms. The van der Waals surface area contributed by atoms with Gasteiger partial charge in [-0.1, -0.05) is 6.42 Å². The maximum absolute atomic E-state index is 12.2. The zero-order chi connectivity index (χ0) is 14.1. The lowest BCUT2D eigenvalue weighted by atomic mass is 9.85. The van der Waals surface area contributed by atoms with Crippen molar-refractivity contribution in [3.63, 3.8) is 0 Å². The smallest absolute Gasteiger partial charge is 0.248 e. The first kappa shape index (κ1) is 13.5. The first-order valence-electron chi connectivity index (χ1n) is 7.13. The topological polar surface area (TPSA) is 83.1 Å². The van der Waals surface area contributed by atoms with E-state index in [9.17, 15) is 4.79 Å². The highest BCUT2D eigenvalue weighted by molar-refractivity contribution is 5.93. The molecule has 0 radical (unpaired) electrons. The summed E-state index contributed by atoms with van der Waals surface area (Å²) in [6.45, 7) is 0.774. The molecule has 1 amide bonds. The maximum Gasteiger partial charge on any atom is 0.248 e. The molecule has 1 saturated heterocycles. The molecule has 1 aromatic heterocycles. The minimum absolute atomic E-state index is 0.0637. The molecule has 7 heteroatoms. The summed E-state index contributed by atoms with van der Waals surface area (Å²) in [4.78, 5) is 18.6. The van der Waals surface area contributed by atoms with Gasteiger partial charge < -0.3 is 4.74 Å². The monoisotopic (exact) mass is 279 g/mol. The van der Waals surface area contributed by atoms with Crippen LogP contribution in [0.1, 0.15) is 37.4 Å². The number of amides is 1. The second-order valence-corrected chi connectivity index (χ2v) is 5.71. The Balaban J connectivity index is 1.59. The number of carbonyl (C=O) groups is 1. The highest BCUT2D eigenvalue weighted by Gasteiger charge is 2.35. The number of aromatic nitrogens is 3. The summed E-state index contributed by atoms with van der Waals surface area (Å²) in [5, 5.41) is 9.79. The number of H-pyrrole nitrogens is 1. The number of likely N-dealkylation sites (tertiary alicyclic amines) is 1. The molecule has 3 rings (SSSR count). The van der Waals surface area contributed by atoms with Crippen molar-refractivity contribution < 1.29 is 9.53 Å². The molecular formula is C13H21N5O2. The predicted octanol–water partition coefficient (Wildman–Crippen LogP) is 0.730. The SMILES string of the molecule is CO[C@H]1C[C@@H](C(=O)Nc2n[nH]c(C3CCC3)n2)N(C)C1. The molecule has 1 saturated carbocycles. The average Bonchev–Trinajstić information content (AvgIpc) is 2.94. The summed E-state index contributed by atoms with van der Waals surface area (Å²) < 4.78 is 5.31. The third kappa shape index (κ3) is 2.55. The van der Waals surface area contributed by atoms with Crippen LogP contribution in [0.15, 0.2) is 0 Å². The molecule has 0 unspecified atom stereocenters. The van der Waals surface area contributed by atoms with Gasteiger partial charge >= 0.3 is 0 Å². The first-order valence-corrected chi connectivity index (χ1v) is 7.13. The van der Waals surface area contributed by atoms with E-state index in [1.807, 2.05) is 11.9 Å². The molecule has 2 fully saturated rings. The number of ether oxygens (including phenoxy) is 1. The molecule has 2 heterocycles. The molecule has 2 atom stereocenters. The van der Waals surface area contributed by atoms with Crippen LogP contribution in [0.5, 0.6) is 0 Å². The van der Waals surface area contributed by atoms with Crippen molar-refractivity contribution in [3.8, 4) is 0 Å². The summed E-state index contributed by atoms with van der Waals surface area (Å²) in [6.07, 6.45) is 4.39. The van der Waals surface area contributed by atoms with E-state index >= 15 is 0 Å². The van der Waals surface area contributed by atoms with Gasteiger partial charge in [-0.2, -0.15) is 4.98 Å². The highest BCUT2D eigenvalue weighted by atomic mass is 16.5. The molecule has 110 valence electrons. The van der Waals surface area contributed by atoms with Gasteiger partial charge in [-0.25, -0.2) is 0 Å². The van der Waals surface area contributed by atoms with Crippen LogP contribution < -0.4 is 5.32 Å². The van der Waals surface area contributed by atoms with Crippen LogP contribution in [-0.4, -0.2) is 58.8 Å². The molecule has 0 aromatic carbocycles. The molecule has 20 heavy (non-hydrogen) atoms. The fourth-order valence-corrected chi connectivity index (χ4v) is 2.82. The largest absolute Gasteiger partial charge is 0.380 e. The van der Waals surface area contributed by atoms with Gasteiger partial charge in [0.25, 0.3) is 0 Å². The van der Waals surface area contributed by atoms with Gasteiger partial charge in [-0.05, 0) is 26.3 Å². The van der Waals surface area contributed by atoms with Gasteiger partial charge in [-0.15, -0.1) is 5.10 Å². The minimum atomic E-state index is -0.175. The van der Waals surface area contributed by atoms with Crippen LogP contribution in [0.4, 0.5) is 5.95 Å². The van der Waals surface area contributed by atoms with E-state index in [0.29, 0.717) is 18.3 Å². The van der Waals surface area contributed by atoms with Gasteiger partial charge in [0.1, 0.15) is 5.82 Å². The molecule has 2 aliphatic rings. The Kier molecular flexibility index (Phi) is 3.71. The van der Waals surface area contributed by atoms with E-state index in [4.69, 9.17) is 4.74 Å². The lowest BCUT2D eigenvalue weighted by Crippen LogP contribution is -2.37. The number of rotatable bonds is 4. The summed E-state index contributed by atoms with van der Waals surface area (Å²) in [5.41, 5.74) is 0. The first-order chi connectivity index (χ1) is 9.67. The Labute approximate surface area is 118 Å². The Morgan fingerprint density at radius 2 is 2.30 bits per heavy atom. The van der Waals surface area contributed by atoms with Crippen molar-refractivity contribution in [3.05, 3.63) is 5.82 Å². The van der Waals surface area contributed by atoms with Crippen LogP contribution in [0.25, 0.3) is 0 Å². The van der Waals surface area contributed by atoms with Crippen LogP contribution in [0.2, 0.25) is 0 Å². The lowest BCUT2D eigenvalue weighted by Gasteiger charge is -2.22. The molecule has 0 spiro atoms. The van der Waals surface area contributed by atoms with Gasteiger partial charge in [0.05, 0.1) is 12.1 Å². The van der Waals surface area contributed by atoms with Gasteiger partial charge in [0, 0.05) is 19.6 Å². The van der Waals surface area contributed by atoms with E-state index < -0.39 is 0 Å². The van der Waals surface area contributed by atoms with E-state index in [0.717, 1.165) is 25.2 Å². The number of carbonyl (C=O) groups excluding carboxylic acids is 1. The fraction of sp³-hybridized carbons (Fsp3) is 0.769. The second kappa shape index (κ2) is 5.49. The summed E-state index contributed by atoms with van der Waals surface area (Å²) in [5.74, 6) is 1.69. The van der Waals surface area contributed by atoms with Crippen molar-refractivity contribution in [2.45, 2.75) is 43.7 Å². The van der Waals surface area contributed by atoms with Gasteiger partial charge in [0.2, 0.25) is 11.9 Å². The van der Waals surface area contributed by atoms with E-state index in [2.05, 4.69) is 20.5 Å². The zero-order valence-corrected chi connectivity index (χ0v) is 11.9. The predicted molar refractivity (Wildman–Crippen MR) is 73.4 cm³/mol. The fourth-order valence-electron chi connectivity index (χ4n) is 2.82. The highest BCUT2D eigenvalue weighted by Crippen LogP contribution is 2.34. The van der Waals surface area contributed by atoms with E-state index in [1.165, 1.54) is 6.42 Å². The van der Waals surface area contributed by atoms with Crippen LogP contribution in [0, 0.1) is 0 Å². The summed E-state index contributed by atoms with van der Waals surface area (Å²) in [7, 11) is 3.61. The number of likely N-dealkylation sites (N-methyl/N-ethyl adjacent to an activating group) is 1. The Morgan fingerprint density at radius 1 is 1.50 bits per heavy atom. The summed E-state index contributed by atoms with van der Waals surface area (Å²) >= 11 is 0. The van der Waals surface area contributed by atoms with Crippen LogP contribution >= 0.6 is 0 Å². The number of hydrogen-bond acceptors (Lipinski definition) is 5. The molecular weight excluding hydrogens is 258 g/mol. The van der Waals surface area contributed by atoms with Crippen molar-refractivity contribution in [2.24, 2.45) is 0 Å². The molecule has 7 nitrogen and oxygen atoms in total. The van der Waals surface area contributed by atoms with E-state index in [-0.39, 0.29) is 18.1 Å². The van der Waals surface area contributed by atoms with Crippen LogP contribution in [-0.2, 0) is 9.53 Å². The minimum Gasteiger partial charge on any atom is -0.380 e. The average molecular weight is 279 g/mol. The molecule has 1 aliphatic carbocycles.